The van der Waals surface area contributed by atoms with Crippen molar-refractivity contribution in [2.45, 2.75) is 107 Å². The second-order valence-electron chi connectivity index (χ2n) is 12.4. The van der Waals surface area contributed by atoms with E-state index in [0.29, 0.717) is 26.1 Å². The lowest BCUT2D eigenvalue weighted by atomic mass is 9.70. The summed E-state index contributed by atoms with van der Waals surface area (Å²) in [6.45, 7) is 15.4. The first-order valence-electron chi connectivity index (χ1n) is 15.2. The quantitative estimate of drug-likeness (QED) is 0.341. The predicted octanol–water partition coefficient (Wildman–Crippen LogP) is 4.26. The van der Waals surface area contributed by atoms with Gasteiger partial charge in [-0.25, -0.2) is 0 Å². The van der Waals surface area contributed by atoms with Crippen LogP contribution in [0.2, 0.25) is 0 Å². The number of hydrogen-bond donors (Lipinski definition) is 1. The lowest BCUT2D eigenvalue weighted by Crippen LogP contribution is -2.59. The fourth-order valence-corrected chi connectivity index (χ4v) is 10.1. The number of thioether (sulfide) groups is 1. The van der Waals surface area contributed by atoms with E-state index in [1.807, 2.05) is 9.80 Å². The maximum absolute atomic E-state index is 14.7. The normalized spacial score (nSPS) is 30.9. The van der Waals surface area contributed by atoms with Crippen LogP contribution in [0.1, 0.15) is 78.6 Å². The van der Waals surface area contributed by atoms with Gasteiger partial charge in [0.05, 0.1) is 29.2 Å². The molecule has 8 heteroatoms. The van der Waals surface area contributed by atoms with Crippen molar-refractivity contribution in [1.82, 2.24) is 14.7 Å². The van der Waals surface area contributed by atoms with Crippen LogP contribution in [-0.2, 0) is 14.4 Å². The fraction of sp³-hybridized carbons (Fsp3) is 0.774. The minimum Gasteiger partial charge on any atom is -0.394 e. The van der Waals surface area contributed by atoms with E-state index in [-0.39, 0.29) is 41.5 Å². The molecule has 1 N–H and O–H groups in total. The van der Waals surface area contributed by atoms with E-state index in [1.54, 1.807) is 28.8 Å². The number of aliphatic hydroxyl groups excluding tert-OH is 1. The summed E-state index contributed by atoms with van der Waals surface area (Å²) in [6, 6.07) is -0.971. The highest BCUT2D eigenvalue weighted by Gasteiger charge is 2.74. The van der Waals surface area contributed by atoms with Crippen LogP contribution in [0.25, 0.3) is 0 Å². The van der Waals surface area contributed by atoms with Crippen molar-refractivity contribution in [3.63, 3.8) is 0 Å². The Kier molecular flexibility index (Phi) is 9.90. The molecule has 3 amide bonds. The van der Waals surface area contributed by atoms with Crippen molar-refractivity contribution in [1.29, 1.82) is 0 Å². The molecule has 0 aromatic rings. The van der Waals surface area contributed by atoms with Gasteiger partial charge in [-0.1, -0.05) is 52.2 Å². The Morgan fingerprint density at radius 3 is 2.41 bits per heavy atom. The summed E-state index contributed by atoms with van der Waals surface area (Å²) in [6.07, 6.45) is 11.9. The molecule has 0 aromatic heterocycles. The number of hydrogen-bond acceptors (Lipinski definition) is 5. The monoisotopic (exact) mass is 559 g/mol. The highest BCUT2D eigenvalue weighted by molar-refractivity contribution is 8.02. The highest BCUT2D eigenvalue weighted by Crippen LogP contribution is 2.67. The number of carbonyl (C=O) groups excluding carboxylic acids is 3. The third kappa shape index (κ3) is 5.44. The molecule has 2 bridgehead atoms. The molecule has 218 valence electrons. The molecule has 4 fully saturated rings. The SMILES string of the molecule is C=CCN(CCC)C(=O)[C@@H]1[C@@H]2CCC3(S2)C(C(=O)N(CC=C)C2CCCCC2)N([C@@H](CO)CC(C)C)C(=O)[C@H]13. The van der Waals surface area contributed by atoms with Gasteiger partial charge >= 0.3 is 0 Å². The van der Waals surface area contributed by atoms with E-state index in [2.05, 4.69) is 33.9 Å². The summed E-state index contributed by atoms with van der Waals surface area (Å²) in [5.74, 6) is -0.841. The van der Waals surface area contributed by atoms with Gasteiger partial charge in [0.25, 0.3) is 0 Å². The van der Waals surface area contributed by atoms with Gasteiger partial charge in [0.1, 0.15) is 6.04 Å². The molecule has 3 saturated heterocycles. The third-order valence-electron chi connectivity index (χ3n) is 9.38. The molecule has 1 spiro atoms. The number of amides is 3. The standard InChI is InChI=1S/C31H49N3O4S/c1-6-16-32(17-7-2)28(36)25-24-14-15-31(39-24)26(25)29(37)34(23(20-35)19-21(4)5)27(31)30(38)33(18-8-3)22-12-10-9-11-13-22/h6,8,21-27,35H,1,3,7,9-20H2,2,4-5H3/t23-,24+,25-,26+,27?,31?/m1/s1. The molecule has 39 heavy (non-hydrogen) atoms. The van der Waals surface area contributed by atoms with Gasteiger partial charge in [-0.05, 0) is 44.4 Å². The summed E-state index contributed by atoms with van der Waals surface area (Å²) in [5.41, 5.74) is 0. The van der Waals surface area contributed by atoms with Crippen molar-refractivity contribution in [2.24, 2.45) is 17.8 Å². The van der Waals surface area contributed by atoms with Crippen LogP contribution in [0.3, 0.4) is 0 Å². The van der Waals surface area contributed by atoms with Crippen molar-refractivity contribution < 1.29 is 19.5 Å². The number of rotatable bonds is 13. The topological polar surface area (TPSA) is 81.2 Å². The van der Waals surface area contributed by atoms with E-state index < -0.39 is 28.7 Å². The summed E-state index contributed by atoms with van der Waals surface area (Å²) in [5, 5.41) is 10.6. The number of fused-ring (bicyclic) bond motifs is 1. The van der Waals surface area contributed by atoms with Crippen LogP contribution in [-0.4, -0.2) is 91.9 Å². The van der Waals surface area contributed by atoms with Gasteiger partial charge in [-0.3, -0.25) is 14.4 Å². The molecule has 0 aromatic carbocycles. The van der Waals surface area contributed by atoms with E-state index in [4.69, 9.17) is 0 Å². The number of nitrogens with zero attached hydrogens (tertiary/aromatic N) is 3. The van der Waals surface area contributed by atoms with E-state index in [1.165, 1.54) is 6.42 Å². The second-order valence-corrected chi connectivity index (χ2v) is 14.0. The molecular formula is C31H49N3O4S. The molecule has 3 aliphatic heterocycles. The zero-order valence-corrected chi connectivity index (χ0v) is 25.0. The molecule has 2 unspecified atom stereocenters. The van der Waals surface area contributed by atoms with E-state index >= 15 is 0 Å². The average Bonchev–Trinajstić information content (AvgIpc) is 3.57. The van der Waals surface area contributed by atoms with E-state index in [9.17, 15) is 19.5 Å². The van der Waals surface area contributed by atoms with Crippen LogP contribution in [0.4, 0.5) is 0 Å². The van der Waals surface area contributed by atoms with Crippen LogP contribution >= 0.6 is 11.8 Å². The molecule has 0 radical (unpaired) electrons. The van der Waals surface area contributed by atoms with Crippen molar-refractivity contribution >= 4 is 29.5 Å². The highest BCUT2D eigenvalue weighted by atomic mass is 32.2. The van der Waals surface area contributed by atoms with Gasteiger partial charge in [-0.15, -0.1) is 24.9 Å². The largest absolute Gasteiger partial charge is 0.394 e. The van der Waals surface area contributed by atoms with Gasteiger partial charge in [0, 0.05) is 30.9 Å². The van der Waals surface area contributed by atoms with Crippen molar-refractivity contribution in [3.8, 4) is 0 Å². The maximum atomic E-state index is 14.7. The van der Waals surface area contributed by atoms with Crippen LogP contribution < -0.4 is 0 Å². The maximum Gasteiger partial charge on any atom is 0.247 e. The average molecular weight is 560 g/mol. The summed E-state index contributed by atoms with van der Waals surface area (Å²) in [7, 11) is 0. The number of likely N-dealkylation sites (tertiary alicyclic amines) is 1. The third-order valence-corrected chi connectivity index (χ3v) is 11.3. The Hall–Kier alpha value is -1.80. The first kappa shape index (κ1) is 30.2. The minimum absolute atomic E-state index is 0.0156. The molecule has 1 saturated carbocycles. The molecular weight excluding hydrogens is 510 g/mol. The first-order valence-corrected chi connectivity index (χ1v) is 16.1. The van der Waals surface area contributed by atoms with Gasteiger partial charge in [0.15, 0.2) is 0 Å². The summed E-state index contributed by atoms with van der Waals surface area (Å²) >= 11 is 1.72. The summed E-state index contributed by atoms with van der Waals surface area (Å²) < 4.78 is -0.635. The zero-order chi connectivity index (χ0) is 28.3. The van der Waals surface area contributed by atoms with Crippen LogP contribution in [0, 0.1) is 17.8 Å². The molecule has 1 aliphatic carbocycles. The Labute approximate surface area is 239 Å². The number of aliphatic hydroxyl groups is 1. The fourth-order valence-electron chi connectivity index (χ4n) is 7.90. The molecule has 4 rings (SSSR count). The van der Waals surface area contributed by atoms with Gasteiger partial charge in [0.2, 0.25) is 17.7 Å². The molecule has 6 atom stereocenters. The van der Waals surface area contributed by atoms with Crippen molar-refractivity contribution in [2.75, 3.05) is 26.2 Å². The smallest absolute Gasteiger partial charge is 0.247 e. The molecule has 7 nitrogen and oxygen atoms in total. The Morgan fingerprint density at radius 2 is 1.82 bits per heavy atom. The number of carbonyl (C=O) groups is 3. The van der Waals surface area contributed by atoms with Crippen molar-refractivity contribution in [3.05, 3.63) is 25.3 Å². The second kappa shape index (κ2) is 12.8. The lowest BCUT2D eigenvalue weighted by Gasteiger charge is -2.43. The van der Waals surface area contributed by atoms with Crippen LogP contribution in [0.15, 0.2) is 25.3 Å². The zero-order valence-electron chi connectivity index (χ0n) is 24.2. The summed E-state index contributed by atoms with van der Waals surface area (Å²) in [4.78, 5) is 48.8. The minimum atomic E-state index is -0.667. The van der Waals surface area contributed by atoms with Gasteiger partial charge in [-0.2, -0.15) is 0 Å². The molecule has 3 heterocycles. The van der Waals surface area contributed by atoms with Crippen LogP contribution in [0.5, 0.6) is 0 Å². The lowest BCUT2D eigenvalue weighted by molar-refractivity contribution is -0.148. The Morgan fingerprint density at radius 1 is 1.13 bits per heavy atom. The predicted molar refractivity (Wildman–Crippen MR) is 157 cm³/mol. The van der Waals surface area contributed by atoms with E-state index in [0.717, 1.165) is 44.9 Å². The molecule has 4 aliphatic rings. The Balaban J connectivity index is 1.77. The first-order chi connectivity index (χ1) is 18.7. The Bertz CT molecular complexity index is 935. The van der Waals surface area contributed by atoms with Gasteiger partial charge < -0.3 is 19.8 Å².